The number of aromatic nitrogens is 5. The molecule has 1 aliphatic heterocycles. The maximum Gasteiger partial charge on any atom is 0.225 e. The lowest BCUT2D eigenvalue weighted by Gasteiger charge is -2.31. The maximum atomic E-state index is 9.12. The van der Waals surface area contributed by atoms with Crippen LogP contribution in [0.5, 0.6) is 0 Å². The third-order valence-electron chi connectivity index (χ3n) is 3.68. The molecule has 7 nitrogen and oxygen atoms in total. The molecule has 106 valence electrons. The first-order valence-corrected chi connectivity index (χ1v) is 6.87. The van der Waals surface area contributed by atoms with Gasteiger partial charge in [0.2, 0.25) is 5.95 Å². The molecule has 0 spiro atoms. The van der Waals surface area contributed by atoms with Crippen molar-refractivity contribution in [2.45, 2.75) is 26.0 Å². The molecule has 1 aliphatic rings. The minimum Gasteiger partial charge on any atom is -0.390 e. The molecule has 1 N–H and O–H groups in total. The predicted molar refractivity (Wildman–Crippen MR) is 72.9 cm³/mol. The zero-order valence-corrected chi connectivity index (χ0v) is 11.3. The zero-order valence-electron chi connectivity index (χ0n) is 11.3. The van der Waals surface area contributed by atoms with Gasteiger partial charge in [-0.15, -0.1) is 5.10 Å². The number of anilines is 1. The van der Waals surface area contributed by atoms with Crippen LogP contribution in [0.2, 0.25) is 0 Å². The third-order valence-corrected chi connectivity index (χ3v) is 3.68. The van der Waals surface area contributed by atoms with Crippen molar-refractivity contribution >= 4 is 5.95 Å². The Bertz CT molecular complexity index is 536. The zero-order chi connectivity index (χ0) is 13.8. The standard InChI is InChI=1S/C13H18N6O/c20-10-12-1-4-14-13(16-12)18-6-2-11(3-7-18)9-19-8-5-15-17-19/h1,4-5,8,11,20H,2-3,6-7,9-10H2. The number of aliphatic hydroxyl groups excluding tert-OH is 1. The normalized spacial score (nSPS) is 16.6. The van der Waals surface area contributed by atoms with E-state index in [2.05, 4.69) is 25.2 Å². The van der Waals surface area contributed by atoms with Crippen LogP contribution >= 0.6 is 0 Å². The summed E-state index contributed by atoms with van der Waals surface area (Å²) >= 11 is 0. The summed E-state index contributed by atoms with van der Waals surface area (Å²) in [5.74, 6) is 1.34. The molecular formula is C13H18N6O. The Balaban J connectivity index is 1.57. The fourth-order valence-corrected chi connectivity index (χ4v) is 2.54. The van der Waals surface area contributed by atoms with Gasteiger partial charge in [0.05, 0.1) is 18.5 Å². The van der Waals surface area contributed by atoms with Crippen LogP contribution in [0.15, 0.2) is 24.7 Å². The molecule has 7 heteroatoms. The van der Waals surface area contributed by atoms with Gasteiger partial charge in [-0.25, -0.2) is 9.97 Å². The molecule has 1 saturated heterocycles. The van der Waals surface area contributed by atoms with Crippen molar-refractivity contribution in [1.82, 2.24) is 25.0 Å². The molecule has 0 aromatic carbocycles. The van der Waals surface area contributed by atoms with Crippen LogP contribution < -0.4 is 4.90 Å². The number of rotatable bonds is 4. The Kier molecular flexibility index (Phi) is 3.87. The second-order valence-electron chi connectivity index (χ2n) is 5.06. The van der Waals surface area contributed by atoms with Crippen molar-refractivity contribution in [3.05, 3.63) is 30.4 Å². The van der Waals surface area contributed by atoms with E-state index in [0.717, 1.165) is 38.4 Å². The Morgan fingerprint density at radius 2 is 2.10 bits per heavy atom. The van der Waals surface area contributed by atoms with E-state index < -0.39 is 0 Å². The quantitative estimate of drug-likeness (QED) is 0.873. The largest absolute Gasteiger partial charge is 0.390 e. The predicted octanol–water partition coefficient (Wildman–Crippen LogP) is 0.477. The highest BCUT2D eigenvalue weighted by Gasteiger charge is 2.21. The summed E-state index contributed by atoms with van der Waals surface area (Å²) in [7, 11) is 0. The van der Waals surface area contributed by atoms with E-state index >= 15 is 0 Å². The summed E-state index contributed by atoms with van der Waals surface area (Å²) in [6.07, 6.45) is 7.50. The summed E-state index contributed by atoms with van der Waals surface area (Å²) in [4.78, 5) is 10.8. The lowest BCUT2D eigenvalue weighted by Crippen LogP contribution is -2.36. The molecule has 0 saturated carbocycles. The van der Waals surface area contributed by atoms with Gasteiger partial charge in [-0.2, -0.15) is 0 Å². The van der Waals surface area contributed by atoms with Crippen LogP contribution in [0.3, 0.4) is 0 Å². The van der Waals surface area contributed by atoms with Crippen LogP contribution in [-0.2, 0) is 13.2 Å². The molecule has 0 bridgehead atoms. The van der Waals surface area contributed by atoms with E-state index in [1.165, 1.54) is 0 Å². The Hall–Kier alpha value is -2.02. The van der Waals surface area contributed by atoms with E-state index in [4.69, 9.17) is 5.11 Å². The summed E-state index contributed by atoms with van der Waals surface area (Å²) in [5, 5.41) is 17.0. The molecule has 2 aromatic rings. The highest BCUT2D eigenvalue weighted by molar-refractivity contribution is 5.30. The summed E-state index contributed by atoms with van der Waals surface area (Å²) < 4.78 is 1.89. The first-order chi connectivity index (χ1) is 9.85. The highest BCUT2D eigenvalue weighted by Crippen LogP contribution is 2.21. The number of aliphatic hydroxyl groups is 1. The SMILES string of the molecule is OCc1ccnc(N2CCC(Cn3ccnn3)CC2)n1. The third kappa shape index (κ3) is 2.93. The first-order valence-electron chi connectivity index (χ1n) is 6.87. The molecule has 0 atom stereocenters. The summed E-state index contributed by atoms with van der Waals surface area (Å²) in [5.41, 5.74) is 0.666. The van der Waals surface area contributed by atoms with Crippen LogP contribution in [0.4, 0.5) is 5.95 Å². The lowest BCUT2D eigenvalue weighted by atomic mass is 9.97. The lowest BCUT2D eigenvalue weighted by molar-refractivity contribution is 0.276. The fraction of sp³-hybridized carbons (Fsp3) is 0.538. The van der Waals surface area contributed by atoms with Gasteiger partial charge < -0.3 is 10.0 Å². The van der Waals surface area contributed by atoms with Crippen molar-refractivity contribution in [3.63, 3.8) is 0 Å². The topological polar surface area (TPSA) is 80.0 Å². The number of hydrogen-bond acceptors (Lipinski definition) is 6. The molecule has 0 amide bonds. The first kappa shape index (κ1) is 13.0. The Labute approximate surface area is 117 Å². The van der Waals surface area contributed by atoms with Crippen molar-refractivity contribution in [3.8, 4) is 0 Å². The second-order valence-corrected chi connectivity index (χ2v) is 5.06. The minimum absolute atomic E-state index is 0.0434. The van der Waals surface area contributed by atoms with Gasteiger partial charge in [-0.3, -0.25) is 4.68 Å². The van der Waals surface area contributed by atoms with Gasteiger partial charge in [0.15, 0.2) is 0 Å². The highest BCUT2D eigenvalue weighted by atomic mass is 16.3. The molecule has 3 rings (SSSR count). The number of nitrogens with zero attached hydrogens (tertiary/aromatic N) is 6. The number of piperidine rings is 1. The molecule has 2 aromatic heterocycles. The fourth-order valence-electron chi connectivity index (χ4n) is 2.54. The molecule has 3 heterocycles. The van der Waals surface area contributed by atoms with Crippen molar-refractivity contribution in [2.75, 3.05) is 18.0 Å². The summed E-state index contributed by atoms with van der Waals surface area (Å²) in [6, 6.07) is 1.74. The van der Waals surface area contributed by atoms with E-state index in [1.54, 1.807) is 18.5 Å². The molecule has 1 fully saturated rings. The van der Waals surface area contributed by atoms with Gasteiger partial charge in [0.25, 0.3) is 0 Å². The van der Waals surface area contributed by atoms with Crippen molar-refractivity contribution in [1.29, 1.82) is 0 Å². The Morgan fingerprint density at radius 3 is 2.80 bits per heavy atom. The average Bonchev–Trinajstić information content (AvgIpc) is 3.01. The molecule has 0 aliphatic carbocycles. The van der Waals surface area contributed by atoms with Crippen LogP contribution in [0.25, 0.3) is 0 Å². The Morgan fingerprint density at radius 1 is 1.25 bits per heavy atom. The second kappa shape index (κ2) is 5.96. The molecule has 0 unspecified atom stereocenters. The van der Waals surface area contributed by atoms with Crippen LogP contribution in [0, 0.1) is 5.92 Å². The van der Waals surface area contributed by atoms with Crippen LogP contribution in [-0.4, -0.2) is 43.2 Å². The van der Waals surface area contributed by atoms with Crippen LogP contribution in [0.1, 0.15) is 18.5 Å². The monoisotopic (exact) mass is 274 g/mol. The van der Waals surface area contributed by atoms with Gasteiger partial charge >= 0.3 is 0 Å². The van der Waals surface area contributed by atoms with E-state index in [-0.39, 0.29) is 6.61 Å². The van der Waals surface area contributed by atoms with Crippen molar-refractivity contribution < 1.29 is 5.11 Å². The number of hydrogen-bond donors (Lipinski definition) is 1. The maximum absolute atomic E-state index is 9.12. The minimum atomic E-state index is -0.0434. The van der Waals surface area contributed by atoms with Gasteiger partial charge in [0.1, 0.15) is 0 Å². The smallest absolute Gasteiger partial charge is 0.225 e. The summed E-state index contributed by atoms with van der Waals surface area (Å²) in [6.45, 7) is 2.76. The molecule has 20 heavy (non-hydrogen) atoms. The average molecular weight is 274 g/mol. The van der Waals surface area contributed by atoms with E-state index in [9.17, 15) is 0 Å². The molecular weight excluding hydrogens is 256 g/mol. The van der Waals surface area contributed by atoms with Gasteiger partial charge in [0, 0.05) is 32.0 Å². The van der Waals surface area contributed by atoms with E-state index in [1.807, 2.05) is 10.9 Å². The van der Waals surface area contributed by atoms with E-state index in [0.29, 0.717) is 11.6 Å². The van der Waals surface area contributed by atoms with Gasteiger partial charge in [-0.05, 0) is 24.8 Å². The van der Waals surface area contributed by atoms with Crippen molar-refractivity contribution in [2.24, 2.45) is 5.92 Å². The van der Waals surface area contributed by atoms with Gasteiger partial charge in [-0.1, -0.05) is 5.21 Å². The molecule has 0 radical (unpaired) electrons.